The van der Waals surface area contributed by atoms with E-state index in [4.69, 9.17) is 0 Å². The maximum Gasteiger partial charge on any atom is 0.118 e. The molecule has 13 N–H and O–H groups in total. The SMILES string of the molecule is Cl.Cl.OC[C@@H](CNC1CC(O)(CO)C(O)C(O)C1O)NC1CC(O)(CO)C(O)C(O)C1O. The Kier molecular flexibility index (Phi) is 12.7. The van der Waals surface area contributed by atoms with E-state index in [0.717, 1.165) is 0 Å². The number of rotatable bonds is 8. The Balaban J connectivity index is 0.00000480. The summed E-state index contributed by atoms with van der Waals surface area (Å²) in [6.07, 6.45) is -10.7. The summed E-state index contributed by atoms with van der Waals surface area (Å²) in [4.78, 5) is 0. The minimum Gasteiger partial charge on any atom is -0.395 e. The largest absolute Gasteiger partial charge is 0.395 e. The van der Waals surface area contributed by atoms with Crippen LogP contribution in [-0.2, 0) is 0 Å². The van der Waals surface area contributed by atoms with E-state index in [0.29, 0.717) is 0 Å². The second kappa shape index (κ2) is 12.7. The summed E-state index contributed by atoms with van der Waals surface area (Å²) in [5, 5.41) is 114. The van der Waals surface area contributed by atoms with Gasteiger partial charge in [-0.2, -0.15) is 0 Å². The summed E-state index contributed by atoms with van der Waals surface area (Å²) in [6.45, 7) is -2.30. The number of aliphatic hydroxyl groups excluding tert-OH is 9. The molecule has 2 saturated carbocycles. The van der Waals surface area contributed by atoms with Gasteiger partial charge in [0, 0.05) is 24.7 Å². The van der Waals surface area contributed by atoms with Gasteiger partial charge in [-0.1, -0.05) is 0 Å². The van der Waals surface area contributed by atoms with E-state index in [1.54, 1.807) is 0 Å². The molecule has 0 spiro atoms. The van der Waals surface area contributed by atoms with Crippen molar-refractivity contribution in [2.75, 3.05) is 26.4 Å². The number of hydrogen-bond donors (Lipinski definition) is 13. The van der Waals surface area contributed by atoms with Crippen molar-refractivity contribution in [2.24, 2.45) is 0 Å². The zero-order valence-electron chi connectivity index (χ0n) is 17.2. The van der Waals surface area contributed by atoms with E-state index in [1.165, 1.54) is 0 Å². The van der Waals surface area contributed by atoms with Gasteiger partial charge >= 0.3 is 0 Å². The lowest BCUT2D eigenvalue weighted by Crippen LogP contribution is -2.69. The third-order valence-electron chi connectivity index (χ3n) is 6.26. The molecular weight excluding hydrogens is 479 g/mol. The molecule has 0 aliphatic heterocycles. The zero-order chi connectivity index (χ0) is 22.9. The van der Waals surface area contributed by atoms with Crippen LogP contribution in [0.3, 0.4) is 0 Å². The predicted molar refractivity (Wildman–Crippen MR) is 113 cm³/mol. The molecule has 0 aromatic heterocycles. The van der Waals surface area contributed by atoms with E-state index in [2.05, 4.69) is 10.6 Å². The molecule has 32 heavy (non-hydrogen) atoms. The van der Waals surface area contributed by atoms with Gasteiger partial charge in [0.1, 0.15) is 35.6 Å². The van der Waals surface area contributed by atoms with Crippen LogP contribution in [-0.4, -0.2) is 148 Å². The molecular formula is C17H36Cl2N2O11. The highest BCUT2D eigenvalue weighted by Crippen LogP contribution is 2.31. The van der Waals surface area contributed by atoms with Gasteiger partial charge in [0.25, 0.3) is 0 Å². The first kappa shape index (κ1) is 32.1. The van der Waals surface area contributed by atoms with Crippen LogP contribution in [0.1, 0.15) is 12.8 Å². The molecule has 2 aliphatic rings. The van der Waals surface area contributed by atoms with Gasteiger partial charge in [0.15, 0.2) is 0 Å². The van der Waals surface area contributed by atoms with Gasteiger partial charge in [0.2, 0.25) is 0 Å². The van der Waals surface area contributed by atoms with Crippen LogP contribution in [0.4, 0.5) is 0 Å². The second-order valence-corrected chi connectivity index (χ2v) is 8.45. The Bertz CT molecular complexity index is 571. The normalized spacial score (nSPS) is 45.5. The highest BCUT2D eigenvalue weighted by Gasteiger charge is 2.52. The smallest absolute Gasteiger partial charge is 0.118 e. The average Bonchev–Trinajstić information content (AvgIpc) is 2.74. The van der Waals surface area contributed by atoms with Gasteiger partial charge in [0.05, 0.1) is 32.0 Å². The number of halogens is 2. The molecule has 0 aromatic carbocycles. The molecule has 2 fully saturated rings. The molecule has 0 radical (unpaired) electrons. The van der Waals surface area contributed by atoms with Crippen LogP contribution in [0.5, 0.6) is 0 Å². The van der Waals surface area contributed by atoms with Gasteiger partial charge < -0.3 is 66.8 Å². The van der Waals surface area contributed by atoms with Crippen molar-refractivity contribution in [2.45, 2.75) is 78.8 Å². The van der Waals surface area contributed by atoms with Gasteiger partial charge in [-0.05, 0) is 12.8 Å². The van der Waals surface area contributed by atoms with Crippen molar-refractivity contribution in [3.8, 4) is 0 Å². The lowest BCUT2D eigenvalue weighted by atomic mass is 9.76. The third-order valence-corrected chi connectivity index (χ3v) is 6.26. The molecule has 15 heteroatoms. The predicted octanol–water partition coefficient (Wildman–Crippen LogP) is -6.47. The van der Waals surface area contributed by atoms with E-state index < -0.39 is 85.8 Å². The van der Waals surface area contributed by atoms with Gasteiger partial charge in [-0.25, -0.2) is 0 Å². The molecule has 13 nitrogen and oxygen atoms in total. The average molecular weight is 515 g/mol. The van der Waals surface area contributed by atoms with Crippen LogP contribution in [0, 0.1) is 0 Å². The Labute approximate surface area is 197 Å². The molecule has 11 atom stereocenters. The lowest BCUT2D eigenvalue weighted by molar-refractivity contribution is -0.208. The van der Waals surface area contributed by atoms with Crippen molar-refractivity contribution < 1.29 is 56.2 Å². The Hall–Kier alpha value is 0.0600. The van der Waals surface area contributed by atoms with Crippen molar-refractivity contribution in [1.29, 1.82) is 0 Å². The van der Waals surface area contributed by atoms with Crippen LogP contribution in [0.25, 0.3) is 0 Å². The van der Waals surface area contributed by atoms with Crippen LogP contribution in [0.2, 0.25) is 0 Å². The van der Waals surface area contributed by atoms with Gasteiger partial charge in [-0.3, -0.25) is 0 Å². The van der Waals surface area contributed by atoms with E-state index >= 15 is 0 Å². The molecule has 0 aromatic rings. The summed E-state index contributed by atoms with van der Waals surface area (Å²) < 4.78 is 0. The quantitative estimate of drug-likeness (QED) is 0.144. The number of hydrogen-bond acceptors (Lipinski definition) is 13. The van der Waals surface area contributed by atoms with Crippen molar-refractivity contribution in [1.82, 2.24) is 10.6 Å². The van der Waals surface area contributed by atoms with Crippen molar-refractivity contribution >= 4 is 24.8 Å². The molecule has 0 amide bonds. The summed E-state index contributed by atoms with van der Waals surface area (Å²) >= 11 is 0. The third kappa shape index (κ3) is 6.38. The monoisotopic (exact) mass is 514 g/mol. The number of nitrogens with one attached hydrogen (secondary N) is 2. The maximum absolute atomic E-state index is 10.3. The molecule has 0 saturated heterocycles. The summed E-state index contributed by atoms with van der Waals surface area (Å²) in [7, 11) is 0. The Morgan fingerprint density at radius 2 is 1.09 bits per heavy atom. The Morgan fingerprint density at radius 3 is 1.50 bits per heavy atom. The maximum atomic E-state index is 10.3. The zero-order valence-corrected chi connectivity index (χ0v) is 18.8. The van der Waals surface area contributed by atoms with Crippen LogP contribution >= 0.6 is 24.8 Å². The lowest BCUT2D eigenvalue weighted by Gasteiger charge is -2.47. The minimum atomic E-state index is -2.07. The topological polar surface area (TPSA) is 247 Å². The van der Waals surface area contributed by atoms with Crippen molar-refractivity contribution in [3.05, 3.63) is 0 Å². The highest BCUT2D eigenvalue weighted by molar-refractivity contribution is 5.85. The minimum absolute atomic E-state index is 0. The van der Waals surface area contributed by atoms with E-state index in [9.17, 15) is 56.2 Å². The molecule has 2 aliphatic carbocycles. The fraction of sp³-hybridized carbons (Fsp3) is 1.00. The molecule has 0 heterocycles. The first-order chi connectivity index (χ1) is 13.9. The van der Waals surface area contributed by atoms with Crippen LogP contribution < -0.4 is 10.6 Å². The molecule has 0 bridgehead atoms. The summed E-state index contributed by atoms with van der Waals surface area (Å²) in [5.74, 6) is 0. The van der Waals surface area contributed by atoms with E-state index in [1.807, 2.05) is 0 Å². The second-order valence-electron chi connectivity index (χ2n) is 8.45. The van der Waals surface area contributed by atoms with Crippen molar-refractivity contribution in [3.63, 3.8) is 0 Å². The van der Waals surface area contributed by atoms with Gasteiger partial charge in [-0.15, -0.1) is 24.8 Å². The summed E-state index contributed by atoms with van der Waals surface area (Å²) in [5.41, 5.74) is -4.11. The molecule has 10 unspecified atom stereocenters. The fourth-order valence-corrected chi connectivity index (χ4v) is 4.17. The van der Waals surface area contributed by atoms with E-state index in [-0.39, 0.29) is 44.2 Å². The standard InChI is InChI=1S/C17H34N2O11.2ClH/c20-4-7(19-9-2-17(30,6-22)15(28)13(26)11(9)24)3-18-8-1-16(29,5-21)14(27)12(25)10(8)23;;/h7-15,18-30H,1-6H2;2*1H/t7-,8?,9?,10?,11?,12?,13?,14?,15?,16?,17?;;/m1../s1. The molecule has 194 valence electrons. The first-order valence-electron chi connectivity index (χ1n) is 9.79. The highest BCUT2D eigenvalue weighted by atomic mass is 35.5. The fourth-order valence-electron chi connectivity index (χ4n) is 4.17. The molecule has 2 rings (SSSR count). The first-order valence-corrected chi connectivity index (χ1v) is 9.79. The van der Waals surface area contributed by atoms with Crippen LogP contribution in [0.15, 0.2) is 0 Å². The Morgan fingerprint density at radius 1 is 0.688 bits per heavy atom. The summed E-state index contributed by atoms with van der Waals surface area (Å²) in [6, 6.07) is -2.79. The number of aliphatic hydroxyl groups is 11.